The highest BCUT2D eigenvalue weighted by molar-refractivity contribution is 7.98. The second-order valence-electron chi connectivity index (χ2n) is 6.36. The molecule has 1 aliphatic heterocycles. The van der Waals surface area contributed by atoms with Crippen LogP contribution in [0.4, 0.5) is 5.13 Å². The lowest BCUT2D eigenvalue weighted by molar-refractivity contribution is 0.0739. The third-order valence-corrected chi connectivity index (χ3v) is 6.57. The minimum atomic E-state index is -0.155. The van der Waals surface area contributed by atoms with Crippen LogP contribution in [0.25, 0.3) is 10.2 Å². The van der Waals surface area contributed by atoms with Crippen molar-refractivity contribution in [3.63, 3.8) is 0 Å². The van der Waals surface area contributed by atoms with Gasteiger partial charge in [0.05, 0.1) is 24.4 Å². The summed E-state index contributed by atoms with van der Waals surface area (Å²) >= 11 is 3.40. The van der Waals surface area contributed by atoms with E-state index in [1.54, 1.807) is 28.0 Å². The molecule has 0 saturated carbocycles. The smallest absolute Gasteiger partial charge is 0.320 e. The van der Waals surface area contributed by atoms with E-state index in [4.69, 9.17) is 14.5 Å². The van der Waals surface area contributed by atoms with E-state index in [0.29, 0.717) is 19.0 Å². The number of piperazine rings is 1. The van der Waals surface area contributed by atoms with Crippen molar-refractivity contribution >= 4 is 44.4 Å². The van der Waals surface area contributed by atoms with E-state index < -0.39 is 0 Å². The Balaban J connectivity index is 1.48. The highest BCUT2D eigenvalue weighted by atomic mass is 32.2. The van der Waals surface area contributed by atoms with Gasteiger partial charge in [0.25, 0.3) is 5.91 Å². The van der Waals surface area contributed by atoms with Gasteiger partial charge in [0, 0.05) is 37.1 Å². The largest absolute Gasteiger partial charge is 0.481 e. The van der Waals surface area contributed by atoms with Gasteiger partial charge in [0.15, 0.2) is 5.13 Å². The summed E-state index contributed by atoms with van der Waals surface area (Å²) < 4.78 is 11.4. The highest BCUT2D eigenvalue weighted by Crippen LogP contribution is 2.34. The van der Waals surface area contributed by atoms with E-state index in [0.717, 1.165) is 23.7 Å². The summed E-state index contributed by atoms with van der Waals surface area (Å²) in [5.41, 5.74) is 1.32. The van der Waals surface area contributed by atoms with E-state index in [9.17, 15) is 4.79 Å². The van der Waals surface area contributed by atoms with Gasteiger partial charge in [-0.15, -0.1) is 11.8 Å². The van der Waals surface area contributed by atoms with Crippen molar-refractivity contribution in [1.29, 1.82) is 0 Å². The number of amides is 1. The van der Waals surface area contributed by atoms with Crippen LogP contribution in [-0.2, 0) is 0 Å². The Hall–Kier alpha value is -2.59. The van der Waals surface area contributed by atoms with Gasteiger partial charge in [-0.2, -0.15) is 9.97 Å². The zero-order chi connectivity index (χ0) is 20.4. The van der Waals surface area contributed by atoms with Crippen molar-refractivity contribution in [2.24, 2.45) is 0 Å². The molecule has 1 aromatic carbocycles. The van der Waals surface area contributed by atoms with Gasteiger partial charge in [-0.25, -0.2) is 4.98 Å². The van der Waals surface area contributed by atoms with Crippen molar-refractivity contribution in [1.82, 2.24) is 19.9 Å². The van der Waals surface area contributed by atoms with Crippen molar-refractivity contribution < 1.29 is 14.3 Å². The SMILES string of the molecule is COc1cc(C(=O)N2CCN(c3nc4c(SC)cccc4s3)CC2)nc(OC)n1. The molecule has 1 saturated heterocycles. The molecule has 1 aliphatic rings. The van der Waals surface area contributed by atoms with E-state index in [2.05, 4.69) is 39.3 Å². The first-order valence-electron chi connectivity index (χ1n) is 9.07. The number of benzene rings is 1. The normalized spacial score (nSPS) is 14.3. The molecule has 3 aromatic rings. The number of para-hydroxylation sites is 1. The lowest BCUT2D eigenvalue weighted by Gasteiger charge is -2.34. The number of methoxy groups -OCH3 is 2. The van der Waals surface area contributed by atoms with Crippen LogP contribution >= 0.6 is 23.1 Å². The van der Waals surface area contributed by atoms with Gasteiger partial charge < -0.3 is 19.3 Å². The summed E-state index contributed by atoms with van der Waals surface area (Å²) in [5.74, 6) is 0.149. The number of hydrogen-bond acceptors (Lipinski definition) is 9. The van der Waals surface area contributed by atoms with Gasteiger partial charge in [0.1, 0.15) is 5.69 Å². The topological polar surface area (TPSA) is 80.7 Å². The lowest BCUT2D eigenvalue weighted by Crippen LogP contribution is -2.49. The number of nitrogens with zero attached hydrogens (tertiary/aromatic N) is 5. The maximum atomic E-state index is 12.9. The molecule has 8 nitrogen and oxygen atoms in total. The van der Waals surface area contributed by atoms with Crippen LogP contribution in [0, 0.1) is 0 Å². The quantitative estimate of drug-likeness (QED) is 0.571. The maximum absolute atomic E-state index is 12.9. The van der Waals surface area contributed by atoms with Crippen LogP contribution in [0.15, 0.2) is 29.2 Å². The molecule has 2 aromatic heterocycles. The van der Waals surface area contributed by atoms with Crippen molar-refractivity contribution in [3.8, 4) is 11.9 Å². The number of ether oxygens (including phenoxy) is 2. The number of aromatic nitrogens is 3. The van der Waals surface area contributed by atoms with E-state index in [1.807, 2.05) is 0 Å². The minimum Gasteiger partial charge on any atom is -0.481 e. The van der Waals surface area contributed by atoms with Crippen LogP contribution < -0.4 is 14.4 Å². The molecular formula is C19H21N5O3S2. The van der Waals surface area contributed by atoms with Crippen LogP contribution in [0.1, 0.15) is 10.5 Å². The van der Waals surface area contributed by atoms with E-state index >= 15 is 0 Å². The number of fused-ring (bicyclic) bond motifs is 1. The van der Waals surface area contributed by atoms with Crippen LogP contribution in [0.5, 0.6) is 11.9 Å². The summed E-state index contributed by atoms with van der Waals surface area (Å²) in [6.45, 7) is 2.64. The predicted octanol–water partition coefficient (Wildman–Crippen LogP) is 2.79. The number of hydrogen-bond donors (Lipinski definition) is 0. The molecular weight excluding hydrogens is 410 g/mol. The van der Waals surface area contributed by atoms with Crippen molar-refractivity contribution in [2.75, 3.05) is 51.6 Å². The molecule has 0 N–H and O–H groups in total. The zero-order valence-corrected chi connectivity index (χ0v) is 18.0. The molecule has 0 unspecified atom stereocenters. The number of thioether (sulfide) groups is 1. The zero-order valence-electron chi connectivity index (χ0n) is 16.4. The molecule has 1 fully saturated rings. The summed E-state index contributed by atoms with van der Waals surface area (Å²) in [4.78, 5) is 31.2. The Morgan fingerprint density at radius 1 is 1.10 bits per heavy atom. The van der Waals surface area contributed by atoms with Crippen molar-refractivity contribution in [2.45, 2.75) is 4.90 Å². The Bertz CT molecular complexity index is 1010. The summed E-state index contributed by atoms with van der Waals surface area (Å²) in [7, 11) is 2.96. The molecule has 0 bridgehead atoms. The Morgan fingerprint density at radius 2 is 1.90 bits per heavy atom. The molecule has 0 atom stereocenters. The number of carbonyl (C=O) groups is 1. The molecule has 0 spiro atoms. The van der Waals surface area contributed by atoms with Gasteiger partial charge in [-0.3, -0.25) is 4.79 Å². The minimum absolute atomic E-state index is 0.116. The first-order chi connectivity index (χ1) is 14.1. The Labute approximate surface area is 176 Å². The highest BCUT2D eigenvalue weighted by Gasteiger charge is 2.26. The van der Waals surface area contributed by atoms with Crippen LogP contribution in [0.2, 0.25) is 0 Å². The Kier molecular flexibility index (Phi) is 5.72. The molecule has 10 heteroatoms. The standard InChI is InChI=1S/C19H21N5O3S2/c1-26-15-11-12(20-18(21-15)27-2)17(25)23-7-9-24(10-8-23)19-22-16-13(28-3)5-4-6-14(16)29-19/h4-6,11H,7-10H2,1-3H3. The molecule has 29 heavy (non-hydrogen) atoms. The monoisotopic (exact) mass is 431 g/mol. The number of thiazole rings is 1. The number of rotatable bonds is 5. The third kappa shape index (κ3) is 3.95. The molecule has 0 aliphatic carbocycles. The summed E-state index contributed by atoms with van der Waals surface area (Å²) in [6, 6.07) is 7.92. The number of carbonyl (C=O) groups excluding carboxylic acids is 1. The van der Waals surface area contributed by atoms with Crippen LogP contribution in [-0.4, -0.2) is 72.4 Å². The molecule has 152 valence electrons. The molecule has 1 amide bonds. The number of anilines is 1. The first kappa shape index (κ1) is 19.7. The second kappa shape index (κ2) is 8.42. The van der Waals surface area contributed by atoms with Crippen molar-refractivity contribution in [3.05, 3.63) is 30.0 Å². The summed E-state index contributed by atoms with van der Waals surface area (Å²) in [6.07, 6.45) is 2.06. The lowest BCUT2D eigenvalue weighted by atomic mass is 10.2. The van der Waals surface area contributed by atoms with Gasteiger partial charge in [0.2, 0.25) is 5.88 Å². The first-order valence-corrected chi connectivity index (χ1v) is 11.1. The van der Waals surface area contributed by atoms with E-state index in [-0.39, 0.29) is 17.6 Å². The van der Waals surface area contributed by atoms with Gasteiger partial charge in [-0.05, 0) is 18.4 Å². The average molecular weight is 432 g/mol. The van der Waals surface area contributed by atoms with Gasteiger partial charge in [-0.1, -0.05) is 17.4 Å². The molecule has 0 radical (unpaired) electrons. The van der Waals surface area contributed by atoms with E-state index in [1.165, 1.54) is 29.9 Å². The van der Waals surface area contributed by atoms with Crippen LogP contribution in [0.3, 0.4) is 0 Å². The fraction of sp³-hybridized carbons (Fsp3) is 0.368. The third-order valence-electron chi connectivity index (χ3n) is 4.72. The predicted molar refractivity (Wildman–Crippen MR) is 115 cm³/mol. The maximum Gasteiger partial charge on any atom is 0.320 e. The summed E-state index contributed by atoms with van der Waals surface area (Å²) in [5, 5.41) is 0.999. The molecule has 3 heterocycles. The Morgan fingerprint density at radius 3 is 2.59 bits per heavy atom. The fourth-order valence-corrected chi connectivity index (χ4v) is 4.86. The molecule has 4 rings (SSSR count). The van der Waals surface area contributed by atoms with Gasteiger partial charge >= 0.3 is 6.01 Å². The fourth-order valence-electron chi connectivity index (χ4n) is 3.18. The average Bonchev–Trinajstić information content (AvgIpc) is 3.22. The second-order valence-corrected chi connectivity index (χ2v) is 8.22.